The zero-order valence-electron chi connectivity index (χ0n) is 16.6. The van der Waals surface area contributed by atoms with Crippen molar-refractivity contribution >= 4 is 44.6 Å². The van der Waals surface area contributed by atoms with E-state index in [0.717, 1.165) is 22.6 Å². The molecule has 2 aromatic heterocycles. The third-order valence-corrected chi connectivity index (χ3v) is 8.29. The normalized spacial score (nSPS) is 15.1. The molecule has 0 radical (unpaired) electrons. The number of piperazine rings is 1. The average Bonchev–Trinajstić information content (AvgIpc) is 3.30. The van der Waals surface area contributed by atoms with Crippen LogP contribution >= 0.6 is 22.9 Å². The van der Waals surface area contributed by atoms with Crippen molar-refractivity contribution in [2.24, 2.45) is 0 Å². The fourth-order valence-corrected chi connectivity index (χ4v) is 6.27. The SMILES string of the molecule is O=C(NCc1cccnc1)c1sccc1S(=O)(=O)N1CCN(c2ccc(Cl)cc2)CC1. The Morgan fingerprint density at radius 3 is 2.52 bits per heavy atom. The number of hydrogen-bond acceptors (Lipinski definition) is 6. The second-order valence-electron chi connectivity index (χ2n) is 7.03. The van der Waals surface area contributed by atoms with Gasteiger partial charge in [0.15, 0.2) is 0 Å². The third-order valence-electron chi connectivity index (χ3n) is 5.06. The monoisotopic (exact) mass is 476 g/mol. The number of carbonyl (C=O) groups is 1. The van der Waals surface area contributed by atoms with E-state index in [-0.39, 0.29) is 16.3 Å². The number of pyridine rings is 1. The first-order chi connectivity index (χ1) is 14.9. The molecular weight excluding hydrogens is 456 g/mol. The van der Waals surface area contributed by atoms with Crippen LogP contribution in [0.15, 0.2) is 65.1 Å². The maximum atomic E-state index is 13.2. The highest BCUT2D eigenvalue weighted by molar-refractivity contribution is 7.89. The van der Waals surface area contributed by atoms with Crippen molar-refractivity contribution < 1.29 is 13.2 Å². The second-order valence-corrected chi connectivity index (χ2v) is 10.3. The first kappa shape index (κ1) is 21.8. The Morgan fingerprint density at radius 2 is 1.84 bits per heavy atom. The van der Waals surface area contributed by atoms with Crippen LogP contribution in [0.1, 0.15) is 15.2 Å². The number of halogens is 1. The second kappa shape index (κ2) is 9.35. The standard InChI is InChI=1S/C21H21ClN4O3S2/c22-17-3-5-18(6-4-17)25-9-11-26(12-10-25)31(28,29)19-7-13-30-20(19)21(27)24-15-16-2-1-8-23-14-16/h1-8,13-14H,9-12,15H2,(H,24,27). The highest BCUT2D eigenvalue weighted by Gasteiger charge is 2.32. The van der Waals surface area contributed by atoms with Gasteiger partial charge in [-0.2, -0.15) is 4.31 Å². The van der Waals surface area contributed by atoms with Gasteiger partial charge in [0.2, 0.25) is 10.0 Å². The first-order valence-corrected chi connectivity index (χ1v) is 12.4. The van der Waals surface area contributed by atoms with Crippen molar-refractivity contribution in [1.29, 1.82) is 0 Å². The van der Waals surface area contributed by atoms with Crippen molar-refractivity contribution in [3.05, 3.63) is 75.7 Å². The number of sulfonamides is 1. The maximum absolute atomic E-state index is 13.2. The predicted molar refractivity (Wildman–Crippen MR) is 122 cm³/mol. The van der Waals surface area contributed by atoms with Crippen molar-refractivity contribution in [3.63, 3.8) is 0 Å². The van der Waals surface area contributed by atoms with Gasteiger partial charge in [-0.1, -0.05) is 17.7 Å². The highest BCUT2D eigenvalue weighted by atomic mass is 35.5. The van der Waals surface area contributed by atoms with Gasteiger partial charge in [0.1, 0.15) is 9.77 Å². The van der Waals surface area contributed by atoms with Gasteiger partial charge in [0.05, 0.1) is 0 Å². The van der Waals surface area contributed by atoms with Gasteiger partial charge >= 0.3 is 0 Å². The van der Waals surface area contributed by atoms with Gasteiger partial charge in [0, 0.05) is 55.8 Å². The van der Waals surface area contributed by atoms with E-state index in [9.17, 15) is 13.2 Å². The van der Waals surface area contributed by atoms with Crippen LogP contribution in [0.4, 0.5) is 5.69 Å². The summed E-state index contributed by atoms with van der Waals surface area (Å²) in [6.45, 7) is 2.10. The summed E-state index contributed by atoms with van der Waals surface area (Å²) in [6.07, 6.45) is 3.31. The van der Waals surface area contributed by atoms with Crippen LogP contribution in [0.2, 0.25) is 5.02 Å². The van der Waals surface area contributed by atoms with Crippen LogP contribution in [0.25, 0.3) is 0 Å². The lowest BCUT2D eigenvalue weighted by molar-refractivity contribution is 0.0952. The summed E-state index contributed by atoms with van der Waals surface area (Å²) < 4.78 is 27.9. The molecule has 0 unspecified atom stereocenters. The molecule has 0 bridgehead atoms. The average molecular weight is 477 g/mol. The van der Waals surface area contributed by atoms with Gasteiger partial charge in [-0.05, 0) is 47.3 Å². The van der Waals surface area contributed by atoms with E-state index < -0.39 is 15.9 Å². The molecule has 1 aromatic carbocycles. The summed E-state index contributed by atoms with van der Waals surface area (Å²) in [5.41, 5.74) is 1.85. The molecule has 1 aliphatic heterocycles. The fraction of sp³-hybridized carbons (Fsp3) is 0.238. The summed E-state index contributed by atoms with van der Waals surface area (Å²) in [4.78, 5) is 19.1. The lowest BCUT2D eigenvalue weighted by Gasteiger charge is -2.35. The van der Waals surface area contributed by atoms with Crippen molar-refractivity contribution in [2.75, 3.05) is 31.1 Å². The van der Waals surface area contributed by atoms with Gasteiger partial charge in [-0.25, -0.2) is 8.42 Å². The number of aromatic nitrogens is 1. The van der Waals surface area contributed by atoms with Gasteiger partial charge in [0.25, 0.3) is 5.91 Å². The van der Waals surface area contributed by atoms with E-state index in [0.29, 0.717) is 31.2 Å². The van der Waals surface area contributed by atoms with Crippen LogP contribution in [-0.4, -0.2) is 49.8 Å². The molecule has 1 aliphatic rings. The number of rotatable bonds is 6. The number of amides is 1. The minimum absolute atomic E-state index is 0.0566. The molecule has 1 fully saturated rings. The molecule has 31 heavy (non-hydrogen) atoms. The number of anilines is 1. The van der Waals surface area contributed by atoms with E-state index in [1.807, 2.05) is 30.3 Å². The Morgan fingerprint density at radius 1 is 1.10 bits per heavy atom. The number of hydrogen-bond donors (Lipinski definition) is 1. The summed E-state index contributed by atoms with van der Waals surface area (Å²) in [5.74, 6) is -0.405. The molecule has 1 saturated heterocycles. The number of thiophene rings is 1. The third kappa shape index (κ3) is 4.90. The predicted octanol–water partition coefficient (Wildman–Crippen LogP) is 3.24. The zero-order valence-corrected chi connectivity index (χ0v) is 19.0. The highest BCUT2D eigenvalue weighted by Crippen LogP contribution is 2.27. The number of benzene rings is 1. The fourth-order valence-electron chi connectivity index (χ4n) is 3.41. The Balaban J connectivity index is 1.43. The van der Waals surface area contributed by atoms with E-state index in [4.69, 9.17) is 11.6 Å². The number of nitrogens with zero attached hydrogens (tertiary/aromatic N) is 3. The topological polar surface area (TPSA) is 82.6 Å². The number of carbonyl (C=O) groups excluding carboxylic acids is 1. The van der Waals surface area contributed by atoms with E-state index >= 15 is 0 Å². The molecule has 10 heteroatoms. The molecule has 162 valence electrons. The summed E-state index contributed by atoms with van der Waals surface area (Å²) in [5, 5.41) is 5.08. The molecule has 1 amide bonds. The van der Waals surface area contributed by atoms with E-state index in [2.05, 4.69) is 15.2 Å². The Bertz CT molecular complexity index is 1140. The molecule has 7 nitrogen and oxygen atoms in total. The van der Waals surface area contributed by atoms with Gasteiger partial charge in [-0.3, -0.25) is 9.78 Å². The molecular formula is C21H21ClN4O3S2. The molecule has 4 rings (SSSR count). The Labute approximate surface area is 190 Å². The molecule has 3 heterocycles. The van der Waals surface area contributed by atoms with Crippen LogP contribution in [0, 0.1) is 0 Å². The van der Waals surface area contributed by atoms with Crippen LogP contribution in [-0.2, 0) is 16.6 Å². The van der Waals surface area contributed by atoms with Crippen LogP contribution in [0.3, 0.4) is 0 Å². The Hall–Kier alpha value is -2.46. The molecule has 1 N–H and O–H groups in total. The van der Waals surface area contributed by atoms with Crippen molar-refractivity contribution in [3.8, 4) is 0 Å². The summed E-state index contributed by atoms with van der Waals surface area (Å²) in [6, 6.07) is 12.6. The maximum Gasteiger partial charge on any atom is 0.263 e. The molecule has 0 spiro atoms. The lowest BCUT2D eigenvalue weighted by atomic mass is 10.2. The molecule has 3 aromatic rings. The van der Waals surface area contributed by atoms with Crippen LogP contribution in [0.5, 0.6) is 0 Å². The first-order valence-electron chi connectivity index (χ1n) is 9.70. The summed E-state index contributed by atoms with van der Waals surface area (Å²) in [7, 11) is -3.77. The van der Waals surface area contributed by atoms with Crippen molar-refractivity contribution in [1.82, 2.24) is 14.6 Å². The van der Waals surface area contributed by atoms with Crippen molar-refractivity contribution in [2.45, 2.75) is 11.4 Å². The van der Waals surface area contributed by atoms with Gasteiger partial charge in [-0.15, -0.1) is 11.3 Å². The molecule has 0 atom stereocenters. The minimum Gasteiger partial charge on any atom is -0.369 e. The van der Waals surface area contributed by atoms with Gasteiger partial charge < -0.3 is 10.2 Å². The molecule has 0 aliphatic carbocycles. The van der Waals surface area contributed by atoms with Crippen LogP contribution < -0.4 is 10.2 Å². The van der Waals surface area contributed by atoms with E-state index in [1.165, 1.54) is 10.4 Å². The summed E-state index contributed by atoms with van der Waals surface area (Å²) >= 11 is 7.07. The lowest BCUT2D eigenvalue weighted by Crippen LogP contribution is -2.48. The quantitative estimate of drug-likeness (QED) is 0.590. The smallest absolute Gasteiger partial charge is 0.263 e. The largest absolute Gasteiger partial charge is 0.369 e. The van der Waals surface area contributed by atoms with E-state index in [1.54, 1.807) is 23.8 Å². The Kier molecular flexibility index (Phi) is 6.57. The molecule has 0 saturated carbocycles. The number of nitrogens with one attached hydrogen (secondary N) is 1. The zero-order chi connectivity index (χ0) is 21.8. The minimum atomic E-state index is -3.77.